The average molecular weight is 311 g/mol. The summed E-state index contributed by atoms with van der Waals surface area (Å²) in [6.45, 7) is 1.50. The van der Waals surface area contributed by atoms with Crippen LogP contribution in [0, 0.1) is 12.7 Å². The molecule has 0 fully saturated rings. The van der Waals surface area contributed by atoms with Gasteiger partial charge in [-0.3, -0.25) is 5.43 Å². The van der Waals surface area contributed by atoms with Crippen LogP contribution >= 0.6 is 11.8 Å². The molecule has 1 rings (SSSR count). The maximum Gasteiger partial charge on any atom is 0.398 e. The van der Waals surface area contributed by atoms with Crippen molar-refractivity contribution in [2.45, 2.75) is 18.0 Å². The first-order chi connectivity index (χ1) is 9.23. The van der Waals surface area contributed by atoms with E-state index in [0.717, 1.165) is 6.07 Å². The van der Waals surface area contributed by atoms with Gasteiger partial charge >= 0.3 is 12.2 Å². The maximum atomic E-state index is 13.6. The fourth-order valence-electron chi connectivity index (χ4n) is 1.33. The van der Waals surface area contributed by atoms with Crippen LogP contribution in [0.2, 0.25) is 0 Å². The number of halogens is 4. The lowest BCUT2D eigenvalue weighted by molar-refractivity contribution is -0.105. The number of benzene rings is 1. The van der Waals surface area contributed by atoms with Crippen LogP contribution in [-0.4, -0.2) is 25.0 Å². The largest absolute Gasteiger partial charge is 0.398 e. The van der Waals surface area contributed by atoms with Crippen LogP contribution in [0.5, 0.6) is 0 Å². The van der Waals surface area contributed by atoms with Crippen molar-refractivity contribution in [1.29, 1.82) is 0 Å². The van der Waals surface area contributed by atoms with Gasteiger partial charge in [-0.05, 0) is 24.6 Å². The molecule has 3 N–H and O–H groups in total. The number of anilines is 1. The van der Waals surface area contributed by atoms with E-state index in [4.69, 9.17) is 0 Å². The molecule has 0 saturated heterocycles. The average Bonchev–Trinajstić information content (AvgIpc) is 2.30. The number of urea groups is 1. The fraction of sp³-hybridized carbons (Fsp3) is 0.364. The van der Waals surface area contributed by atoms with Crippen molar-refractivity contribution in [2.75, 3.05) is 18.1 Å². The van der Waals surface area contributed by atoms with Crippen LogP contribution in [0.1, 0.15) is 5.56 Å². The highest BCUT2D eigenvalue weighted by atomic mass is 32.2. The van der Waals surface area contributed by atoms with E-state index in [-0.39, 0.29) is 10.6 Å². The first kappa shape index (κ1) is 16.6. The number of rotatable bonds is 4. The molecule has 0 atom stereocenters. The summed E-state index contributed by atoms with van der Waals surface area (Å²) in [4.78, 5) is 11.5. The van der Waals surface area contributed by atoms with E-state index in [2.05, 4.69) is 16.2 Å². The zero-order valence-electron chi connectivity index (χ0n) is 10.7. The number of nitrogens with one attached hydrogen (secondary N) is 3. The molecular formula is C11H13F4N3OS. The number of carbonyl (C=O) groups excluding carboxylic acids is 1. The van der Waals surface area contributed by atoms with E-state index >= 15 is 0 Å². The molecule has 0 aliphatic heterocycles. The number of hydrogen-bond acceptors (Lipinski definition) is 3. The standard InChI is InChI=1S/C11H13F4N3OS/c1-6-3-7(12)8(17-10(19)18-16-2)4-9(6)20-5-11(13,14)15/h3-4,16H,5H2,1-2H3,(H2,17,18,19). The van der Waals surface area contributed by atoms with Crippen molar-refractivity contribution in [2.24, 2.45) is 0 Å². The number of aryl methyl sites for hydroxylation is 1. The number of carbonyl (C=O) groups is 1. The molecule has 0 radical (unpaired) electrons. The lowest BCUT2D eigenvalue weighted by atomic mass is 10.2. The lowest BCUT2D eigenvalue weighted by Crippen LogP contribution is -2.37. The number of amides is 2. The summed E-state index contributed by atoms with van der Waals surface area (Å²) in [5.41, 5.74) is 4.68. The van der Waals surface area contributed by atoms with E-state index in [1.54, 1.807) is 0 Å². The smallest absolute Gasteiger partial charge is 0.304 e. The lowest BCUT2D eigenvalue weighted by Gasteiger charge is -2.12. The van der Waals surface area contributed by atoms with Crippen LogP contribution in [0.25, 0.3) is 0 Å². The molecule has 0 aliphatic rings. The molecular weight excluding hydrogens is 298 g/mol. The number of alkyl halides is 3. The van der Waals surface area contributed by atoms with E-state index in [9.17, 15) is 22.4 Å². The minimum absolute atomic E-state index is 0.187. The molecule has 4 nitrogen and oxygen atoms in total. The van der Waals surface area contributed by atoms with Crippen molar-refractivity contribution in [3.05, 3.63) is 23.5 Å². The normalized spacial score (nSPS) is 11.3. The topological polar surface area (TPSA) is 53.2 Å². The zero-order valence-corrected chi connectivity index (χ0v) is 11.5. The van der Waals surface area contributed by atoms with Crippen molar-refractivity contribution in [1.82, 2.24) is 10.9 Å². The predicted octanol–water partition coefficient (Wildman–Crippen LogP) is 3.04. The third kappa shape index (κ3) is 5.25. The van der Waals surface area contributed by atoms with Gasteiger partial charge in [-0.1, -0.05) is 0 Å². The molecule has 0 saturated carbocycles. The molecule has 2 amide bonds. The van der Waals surface area contributed by atoms with Gasteiger partial charge in [0, 0.05) is 11.9 Å². The molecule has 112 valence electrons. The highest BCUT2D eigenvalue weighted by Crippen LogP contribution is 2.32. The molecule has 1 aromatic rings. The Bertz CT molecular complexity index is 493. The van der Waals surface area contributed by atoms with Crippen LogP contribution in [0.4, 0.5) is 28.0 Å². The van der Waals surface area contributed by atoms with Gasteiger partial charge < -0.3 is 5.32 Å². The monoisotopic (exact) mass is 311 g/mol. The van der Waals surface area contributed by atoms with Gasteiger partial charge in [-0.2, -0.15) is 13.2 Å². The van der Waals surface area contributed by atoms with Crippen molar-refractivity contribution >= 4 is 23.5 Å². The molecule has 0 heterocycles. The highest BCUT2D eigenvalue weighted by molar-refractivity contribution is 7.99. The Morgan fingerprint density at radius 2 is 2.00 bits per heavy atom. The Hall–Kier alpha value is -1.48. The van der Waals surface area contributed by atoms with Crippen molar-refractivity contribution in [3.63, 3.8) is 0 Å². The van der Waals surface area contributed by atoms with Crippen molar-refractivity contribution in [3.8, 4) is 0 Å². The minimum atomic E-state index is -4.32. The predicted molar refractivity (Wildman–Crippen MR) is 69.1 cm³/mol. The molecule has 1 aromatic carbocycles. The van der Waals surface area contributed by atoms with Gasteiger partial charge in [-0.25, -0.2) is 14.6 Å². The number of thioether (sulfide) groups is 1. The van der Waals surface area contributed by atoms with Crippen molar-refractivity contribution < 1.29 is 22.4 Å². The van der Waals surface area contributed by atoms with Crippen LogP contribution < -0.4 is 16.2 Å². The molecule has 0 spiro atoms. The highest BCUT2D eigenvalue weighted by Gasteiger charge is 2.27. The third-order valence-corrected chi connectivity index (χ3v) is 3.37. The van der Waals surface area contributed by atoms with E-state index in [1.807, 2.05) is 0 Å². The fourth-order valence-corrected chi connectivity index (χ4v) is 2.14. The molecule has 0 aliphatic carbocycles. The van der Waals surface area contributed by atoms with Gasteiger partial charge in [0.25, 0.3) is 0 Å². The number of hydrazine groups is 1. The Morgan fingerprint density at radius 3 is 2.55 bits per heavy atom. The Labute approximate surface area is 117 Å². The number of hydrogen-bond donors (Lipinski definition) is 3. The molecule has 0 unspecified atom stereocenters. The van der Waals surface area contributed by atoms with Gasteiger partial charge in [0.1, 0.15) is 5.82 Å². The molecule has 0 bridgehead atoms. The Kier molecular flexibility index (Phi) is 5.63. The molecule has 20 heavy (non-hydrogen) atoms. The van der Waals surface area contributed by atoms with Crippen LogP contribution in [0.15, 0.2) is 17.0 Å². The second kappa shape index (κ2) is 6.80. The summed E-state index contributed by atoms with van der Waals surface area (Å²) in [7, 11) is 1.44. The minimum Gasteiger partial charge on any atom is -0.304 e. The molecule has 0 aromatic heterocycles. The second-order valence-electron chi connectivity index (χ2n) is 3.83. The van der Waals surface area contributed by atoms with Gasteiger partial charge in [-0.15, -0.1) is 11.8 Å². The van der Waals surface area contributed by atoms with Gasteiger partial charge in [0.15, 0.2) is 0 Å². The summed E-state index contributed by atoms with van der Waals surface area (Å²) in [6, 6.07) is 1.53. The third-order valence-electron chi connectivity index (χ3n) is 2.14. The Balaban J connectivity index is 2.88. The zero-order chi connectivity index (χ0) is 15.3. The van der Waals surface area contributed by atoms with E-state index < -0.39 is 23.8 Å². The van der Waals surface area contributed by atoms with Crippen LogP contribution in [0.3, 0.4) is 0 Å². The summed E-state index contributed by atoms with van der Waals surface area (Å²) in [5, 5.41) is 2.19. The van der Waals surface area contributed by atoms with E-state index in [0.29, 0.717) is 17.3 Å². The van der Waals surface area contributed by atoms with Gasteiger partial charge in [0.2, 0.25) is 0 Å². The maximum absolute atomic E-state index is 13.6. The molecule has 9 heteroatoms. The summed E-state index contributed by atoms with van der Waals surface area (Å²) in [5.74, 6) is -1.80. The quantitative estimate of drug-likeness (QED) is 0.455. The van der Waals surface area contributed by atoms with Crippen LogP contribution in [-0.2, 0) is 0 Å². The SMILES string of the molecule is CNNC(=O)Nc1cc(SCC(F)(F)F)c(C)cc1F. The summed E-state index contributed by atoms with van der Waals surface area (Å²) in [6.07, 6.45) is -4.32. The second-order valence-corrected chi connectivity index (χ2v) is 4.85. The summed E-state index contributed by atoms with van der Waals surface area (Å²) >= 11 is 0.538. The summed E-state index contributed by atoms with van der Waals surface area (Å²) < 4.78 is 50.2. The van der Waals surface area contributed by atoms with Gasteiger partial charge in [0.05, 0.1) is 11.4 Å². The van der Waals surface area contributed by atoms with E-state index in [1.165, 1.54) is 20.0 Å². The Morgan fingerprint density at radius 1 is 1.35 bits per heavy atom. The first-order valence-corrected chi connectivity index (χ1v) is 6.45. The first-order valence-electron chi connectivity index (χ1n) is 5.46.